The second-order valence-electron chi connectivity index (χ2n) is 4.65. The van der Waals surface area contributed by atoms with Crippen LogP contribution in [0.4, 0.5) is 0 Å². The number of benzene rings is 1. The Morgan fingerprint density at radius 1 is 1.43 bits per heavy atom. The van der Waals surface area contributed by atoms with Gasteiger partial charge in [0.25, 0.3) is 5.91 Å². The predicted molar refractivity (Wildman–Crippen MR) is 94.2 cm³/mol. The Labute approximate surface area is 146 Å². The molecular weight excluding hydrogens is 352 g/mol. The van der Waals surface area contributed by atoms with Gasteiger partial charge in [-0.25, -0.2) is 4.98 Å². The molecule has 23 heavy (non-hydrogen) atoms. The van der Waals surface area contributed by atoms with E-state index >= 15 is 0 Å². The summed E-state index contributed by atoms with van der Waals surface area (Å²) in [6.07, 6.45) is 3.50. The number of nitrogens with zero attached hydrogens (tertiary/aromatic N) is 1. The molecule has 1 N–H and O–H groups in total. The van der Waals surface area contributed by atoms with E-state index in [1.807, 2.05) is 29.8 Å². The normalized spacial score (nSPS) is 10.7. The molecule has 1 aromatic carbocycles. The maximum absolute atomic E-state index is 12.3. The minimum absolute atomic E-state index is 0.230. The van der Waals surface area contributed by atoms with Gasteiger partial charge in [0, 0.05) is 4.90 Å². The number of thiophene rings is 1. The van der Waals surface area contributed by atoms with E-state index in [4.69, 9.17) is 16.0 Å². The third-order valence-corrected chi connectivity index (χ3v) is 5.04. The molecule has 3 rings (SSSR count). The molecule has 2 heterocycles. The van der Waals surface area contributed by atoms with Crippen LogP contribution in [0, 0.1) is 0 Å². The first-order valence-electron chi connectivity index (χ1n) is 6.77. The van der Waals surface area contributed by atoms with Crippen molar-refractivity contribution >= 4 is 40.6 Å². The van der Waals surface area contributed by atoms with E-state index < -0.39 is 0 Å². The lowest BCUT2D eigenvalue weighted by Crippen LogP contribution is -2.23. The predicted octanol–water partition coefficient (Wildman–Crippen LogP) is 4.71. The maximum atomic E-state index is 12.3. The van der Waals surface area contributed by atoms with Crippen molar-refractivity contribution < 1.29 is 9.21 Å². The molecular formula is C16H13ClN2O2S2. The van der Waals surface area contributed by atoms with E-state index in [1.165, 1.54) is 0 Å². The first-order chi connectivity index (χ1) is 11.2. The Balaban J connectivity index is 1.67. The molecule has 0 atom stereocenters. The van der Waals surface area contributed by atoms with Gasteiger partial charge in [0.15, 0.2) is 0 Å². The summed E-state index contributed by atoms with van der Waals surface area (Å²) in [7, 11) is 0. The van der Waals surface area contributed by atoms with Gasteiger partial charge in [-0.15, -0.1) is 23.1 Å². The van der Waals surface area contributed by atoms with Crippen LogP contribution in [0.25, 0.3) is 10.8 Å². The monoisotopic (exact) mass is 364 g/mol. The second kappa shape index (κ2) is 7.21. The van der Waals surface area contributed by atoms with Crippen molar-refractivity contribution in [2.45, 2.75) is 11.4 Å². The molecule has 0 aliphatic rings. The number of hydrogen-bond acceptors (Lipinski definition) is 5. The van der Waals surface area contributed by atoms with Crippen LogP contribution in [-0.2, 0) is 6.54 Å². The van der Waals surface area contributed by atoms with Crippen LogP contribution < -0.4 is 5.32 Å². The molecule has 3 aromatic rings. The van der Waals surface area contributed by atoms with Crippen molar-refractivity contribution in [1.29, 1.82) is 0 Å². The summed E-state index contributed by atoms with van der Waals surface area (Å²) < 4.78 is 5.43. The van der Waals surface area contributed by atoms with Crippen molar-refractivity contribution in [3.05, 3.63) is 58.3 Å². The molecule has 0 saturated heterocycles. The number of rotatable bonds is 5. The van der Waals surface area contributed by atoms with Crippen LogP contribution in [0.3, 0.4) is 0 Å². The Morgan fingerprint density at radius 3 is 3.04 bits per heavy atom. The van der Waals surface area contributed by atoms with Crippen LogP contribution >= 0.6 is 34.7 Å². The summed E-state index contributed by atoms with van der Waals surface area (Å²) in [4.78, 5) is 18.6. The SMILES string of the molecule is CSc1ccc(Cl)c(C(=O)NCc2coc(-c3cccs3)n2)c1. The summed E-state index contributed by atoms with van der Waals surface area (Å²) in [5.41, 5.74) is 1.12. The van der Waals surface area contributed by atoms with Gasteiger partial charge in [-0.1, -0.05) is 17.7 Å². The van der Waals surface area contributed by atoms with Crippen molar-refractivity contribution in [3.63, 3.8) is 0 Å². The molecule has 0 fully saturated rings. The number of hydrogen-bond donors (Lipinski definition) is 1. The van der Waals surface area contributed by atoms with Gasteiger partial charge in [-0.2, -0.15) is 0 Å². The van der Waals surface area contributed by atoms with Crippen molar-refractivity contribution in [2.75, 3.05) is 6.26 Å². The molecule has 118 valence electrons. The van der Waals surface area contributed by atoms with Crippen molar-refractivity contribution in [3.8, 4) is 10.8 Å². The smallest absolute Gasteiger partial charge is 0.253 e. The summed E-state index contributed by atoms with van der Waals surface area (Å²) in [5.74, 6) is 0.332. The lowest BCUT2D eigenvalue weighted by molar-refractivity contribution is 0.0950. The number of amides is 1. The number of halogens is 1. The molecule has 1 amide bonds. The maximum Gasteiger partial charge on any atom is 0.253 e. The molecule has 2 aromatic heterocycles. The van der Waals surface area contributed by atoms with Crippen LogP contribution in [0.2, 0.25) is 5.02 Å². The quantitative estimate of drug-likeness (QED) is 0.666. The lowest BCUT2D eigenvalue weighted by atomic mass is 10.2. The molecule has 0 saturated carbocycles. The number of oxazole rings is 1. The lowest BCUT2D eigenvalue weighted by Gasteiger charge is -2.06. The van der Waals surface area contributed by atoms with Gasteiger partial charge >= 0.3 is 0 Å². The molecule has 4 nitrogen and oxygen atoms in total. The highest BCUT2D eigenvalue weighted by atomic mass is 35.5. The zero-order valence-corrected chi connectivity index (χ0v) is 14.6. The van der Waals surface area contributed by atoms with Gasteiger partial charge in [0.1, 0.15) is 6.26 Å². The number of carbonyl (C=O) groups excluding carboxylic acids is 1. The Hall–Kier alpha value is -1.76. The standard InChI is InChI=1S/C16H13ClN2O2S2/c1-22-11-4-5-13(17)12(7-11)15(20)18-8-10-9-21-16(19-10)14-3-2-6-23-14/h2-7,9H,8H2,1H3,(H,18,20). The summed E-state index contributed by atoms with van der Waals surface area (Å²) in [6, 6.07) is 9.27. The van der Waals surface area contributed by atoms with E-state index in [0.717, 1.165) is 9.77 Å². The molecule has 0 unspecified atom stereocenters. The van der Waals surface area contributed by atoms with E-state index in [1.54, 1.807) is 41.5 Å². The van der Waals surface area contributed by atoms with Crippen LogP contribution in [-0.4, -0.2) is 17.1 Å². The van der Waals surface area contributed by atoms with Crippen LogP contribution in [0.5, 0.6) is 0 Å². The van der Waals surface area contributed by atoms with Crippen molar-refractivity contribution in [2.24, 2.45) is 0 Å². The zero-order valence-electron chi connectivity index (χ0n) is 12.2. The molecule has 7 heteroatoms. The molecule has 0 bridgehead atoms. The van der Waals surface area contributed by atoms with Gasteiger partial charge in [-0.3, -0.25) is 4.79 Å². The minimum atomic E-state index is -0.230. The third-order valence-electron chi connectivity index (χ3n) is 3.13. The van der Waals surface area contributed by atoms with E-state index in [9.17, 15) is 4.79 Å². The molecule has 0 radical (unpaired) electrons. The third kappa shape index (κ3) is 3.77. The minimum Gasteiger partial charge on any atom is -0.443 e. The summed E-state index contributed by atoms with van der Waals surface area (Å²) in [6.45, 7) is 0.285. The number of aromatic nitrogens is 1. The number of thioether (sulfide) groups is 1. The molecule has 0 aliphatic carbocycles. The van der Waals surface area contributed by atoms with E-state index in [0.29, 0.717) is 22.2 Å². The fourth-order valence-corrected chi connectivity index (χ4v) is 3.27. The fourth-order valence-electron chi connectivity index (χ4n) is 1.97. The zero-order chi connectivity index (χ0) is 16.2. The number of carbonyl (C=O) groups is 1. The first kappa shape index (κ1) is 16.1. The summed E-state index contributed by atoms with van der Waals surface area (Å²) >= 11 is 9.21. The first-order valence-corrected chi connectivity index (χ1v) is 9.25. The highest BCUT2D eigenvalue weighted by molar-refractivity contribution is 7.98. The highest BCUT2D eigenvalue weighted by Crippen LogP contribution is 2.24. The number of nitrogens with one attached hydrogen (secondary N) is 1. The largest absolute Gasteiger partial charge is 0.443 e. The van der Waals surface area contributed by atoms with Crippen LogP contribution in [0.15, 0.2) is 51.3 Å². The Kier molecular flexibility index (Phi) is 5.05. The second-order valence-corrected chi connectivity index (χ2v) is 6.88. The van der Waals surface area contributed by atoms with Gasteiger partial charge in [0.05, 0.1) is 27.7 Å². The van der Waals surface area contributed by atoms with E-state index in [2.05, 4.69) is 10.3 Å². The van der Waals surface area contributed by atoms with Crippen LogP contribution in [0.1, 0.15) is 16.1 Å². The highest BCUT2D eigenvalue weighted by Gasteiger charge is 2.13. The Morgan fingerprint density at radius 2 is 2.30 bits per heavy atom. The van der Waals surface area contributed by atoms with E-state index in [-0.39, 0.29) is 12.5 Å². The molecule has 0 spiro atoms. The molecule has 0 aliphatic heterocycles. The van der Waals surface area contributed by atoms with Gasteiger partial charge in [-0.05, 0) is 35.9 Å². The topological polar surface area (TPSA) is 55.1 Å². The average Bonchev–Trinajstić information content (AvgIpc) is 3.24. The average molecular weight is 365 g/mol. The summed E-state index contributed by atoms with van der Waals surface area (Å²) in [5, 5.41) is 5.20. The van der Waals surface area contributed by atoms with Gasteiger partial charge < -0.3 is 9.73 Å². The Bertz CT molecular complexity index is 815. The van der Waals surface area contributed by atoms with Gasteiger partial charge in [0.2, 0.25) is 5.89 Å². The fraction of sp³-hybridized carbons (Fsp3) is 0.125. The van der Waals surface area contributed by atoms with Crippen molar-refractivity contribution in [1.82, 2.24) is 10.3 Å².